The van der Waals surface area contributed by atoms with Gasteiger partial charge in [-0.15, -0.1) is 0 Å². The first kappa shape index (κ1) is 17.2. The van der Waals surface area contributed by atoms with E-state index in [9.17, 15) is 8.42 Å². The highest BCUT2D eigenvalue weighted by atomic mass is 32.2. The molecule has 1 aliphatic carbocycles. The van der Waals surface area contributed by atoms with Gasteiger partial charge in [-0.2, -0.15) is 0 Å². The smallest absolute Gasteiger partial charge is 0.240 e. The van der Waals surface area contributed by atoms with Gasteiger partial charge in [0.2, 0.25) is 10.0 Å². The first-order chi connectivity index (χ1) is 12.5. The molecule has 0 unspecified atom stereocenters. The van der Waals surface area contributed by atoms with Crippen molar-refractivity contribution < 1.29 is 22.6 Å². The molecule has 2 aliphatic rings. The molecular formula is C19H21NO5S. The summed E-state index contributed by atoms with van der Waals surface area (Å²) in [5.74, 6) is 2.10. The zero-order chi connectivity index (χ0) is 18.2. The minimum Gasteiger partial charge on any atom is -0.497 e. The van der Waals surface area contributed by atoms with Gasteiger partial charge in [0.15, 0.2) is 11.5 Å². The molecular weight excluding hydrogens is 354 g/mol. The minimum absolute atomic E-state index is 0.171. The van der Waals surface area contributed by atoms with Gasteiger partial charge in [-0.25, -0.2) is 13.1 Å². The van der Waals surface area contributed by atoms with Gasteiger partial charge >= 0.3 is 0 Å². The molecule has 2 aromatic rings. The fourth-order valence-corrected chi connectivity index (χ4v) is 4.29. The molecule has 0 bridgehead atoms. The van der Waals surface area contributed by atoms with Crippen molar-refractivity contribution >= 4 is 10.0 Å². The van der Waals surface area contributed by atoms with Crippen LogP contribution in [0.5, 0.6) is 17.2 Å². The molecule has 1 aliphatic heterocycles. The van der Waals surface area contributed by atoms with E-state index in [1.807, 2.05) is 18.2 Å². The molecule has 0 spiro atoms. The van der Waals surface area contributed by atoms with E-state index >= 15 is 0 Å². The number of benzene rings is 2. The van der Waals surface area contributed by atoms with Gasteiger partial charge in [0.05, 0.1) is 12.0 Å². The second kappa shape index (κ2) is 6.48. The van der Waals surface area contributed by atoms with Gasteiger partial charge in [-0.05, 0) is 54.8 Å². The average Bonchev–Trinajstić information content (AvgIpc) is 3.47. The van der Waals surface area contributed by atoms with Crippen molar-refractivity contribution in [2.24, 2.45) is 0 Å². The molecule has 26 heavy (non-hydrogen) atoms. The molecule has 0 amide bonds. The van der Waals surface area contributed by atoms with Crippen LogP contribution in [0, 0.1) is 0 Å². The number of fused-ring (bicyclic) bond motifs is 1. The Morgan fingerprint density at radius 2 is 1.73 bits per heavy atom. The molecule has 2 aromatic carbocycles. The number of ether oxygens (including phenoxy) is 3. The molecule has 1 heterocycles. The molecule has 4 rings (SSSR count). The Bertz CT molecular complexity index is 904. The van der Waals surface area contributed by atoms with Crippen LogP contribution in [0.4, 0.5) is 0 Å². The Morgan fingerprint density at radius 1 is 1.04 bits per heavy atom. The van der Waals surface area contributed by atoms with Gasteiger partial charge < -0.3 is 14.2 Å². The van der Waals surface area contributed by atoms with Crippen LogP contribution in [0.25, 0.3) is 0 Å². The fraction of sp³-hybridized carbons (Fsp3) is 0.368. The highest BCUT2D eigenvalue weighted by Gasteiger charge is 2.45. The lowest BCUT2D eigenvalue weighted by atomic mass is 9.96. The Hall–Kier alpha value is -2.25. The van der Waals surface area contributed by atoms with Crippen LogP contribution < -0.4 is 18.9 Å². The largest absolute Gasteiger partial charge is 0.497 e. The summed E-state index contributed by atoms with van der Waals surface area (Å²) in [5, 5.41) is 0. The number of hydrogen-bond donors (Lipinski definition) is 1. The lowest BCUT2D eigenvalue weighted by Crippen LogP contribution is -2.32. The summed E-state index contributed by atoms with van der Waals surface area (Å²) in [6, 6.07) is 12.3. The zero-order valence-corrected chi connectivity index (χ0v) is 15.3. The van der Waals surface area contributed by atoms with E-state index in [1.54, 1.807) is 31.4 Å². The van der Waals surface area contributed by atoms with Crippen molar-refractivity contribution in [1.82, 2.24) is 4.72 Å². The van der Waals surface area contributed by atoms with Crippen LogP contribution >= 0.6 is 0 Å². The van der Waals surface area contributed by atoms with Crippen molar-refractivity contribution in [1.29, 1.82) is 0 Å². The SMILES string of the molecule is COc1ccc(S(=O)(=O)NCC2(c3ccc4c(c3)OCCO4)CC2)cc1. The van der Waals surface area contributed by atoms with Gasteiger partial charge in [-0.1, -0.05) is 6.07 Å². The zero-order valence-electron chi connectivity index (χ0n) is 14.5. The van der Waals surface area contributed by atoms with E-state index in [0.717, 1.165) is 29.9 Å². The molecule has 1 fully saturated rings. The molecule has 0 aromatic heterocycles. The number of nitrogens with one attached hydrogen (secondary N) is 1. The highest BCUT2D eigenvalue weighted by Crippen LogP contribution is 2.49. The van der Waals surface area contributed by atoms with E-state index in [0.29, 0.717) is 25.5 Å². The van der Waals surface area contributed by atoms with E-state index in [-0.39, 0.29) is 10.3 Å². The number of hydrogen-bond acceptors (Lipinski definition) is 5. The van der Waals surface area contributed by atoms with Crippen molar-refractivity contribution in [3.63, 3.8) is 0 Å². The number of rotatable bonds is 6. The molecule has 138 valence electrons. The summed E-state index contributed by atoms with van der Waals surface area (Å²) >= 11 is 0. The van der Waals surface area contributed by atoms with Crippen molar-refractivity contribution in [3.8, 4) is 17.2 Å². The first-order valence-corrected chi connectivity index (χ1v) is 10.0. The van der Waals surface area contributed by atoms with Crippen LogP contribution in [0.1, 0.15) is 18.4 Å². The molecule has 6 nitrogen and oxygen atoms in total. The van der Waals surface area contributed by atoms with Crippen LogP contribution in [-0.4, -0.2) is 35.3 Å². The van der Waals surface area contributed by atoms with E-state index in [4.69, 9.17) is 14.2 Å². The standard InChI is InChI=1S/C19H21NO5S/c1-23-15-3-5-16(6-4-15)26(21,22)20-13-19(8-9-19)14-2-7-17-18(12-14)25-11-10-24-17/h2-7,12,20H,8-11,13H2,1H3. The quantitative estimate of drug-likeness (QED) is 0.840. The van der Waals surface area contributed by atoms with Crippen LogP contribution in [0.15, 0.2) is 47.4 Å². The highest BCUT2D eigenvalue weighted by molar-refractivity contribution is 7.89. The third kappa shape index (κ3) is 3.24. The Balaban J connectivity index is 1.49. The normalized spacial score (nSPS) is 17.6. The summed E-state index contributed by atoms with van der Waals surface area (Å²) in [4.78, 5) is 0.233. The maximum atomic E-state index is 12.6. The molecule has 1 saturated carbocycles. The lowest BCUT2D eigenvalue weighted by molar-refractivity contribution is 0.171. The molecule has 1 N–H and O–H groups in total. The second-order valence-corrected chi connectivity index (χ2v) is 8.41. The van der Waals surface area contributed by atoms with Crippen molar-refractivity contribution in [2.75, 3.05) is 26.9 Å². The Morgan fingerprint density at radius 3 is 2.38 bits per heavy atom. The van der Waals surface area contributed by atoms with Gasteiger partial charge in [0.1, 0.15) is 19.0 Å². The third-order valence-corrected chi connectivity index (χ3v) is 6.40. The first-order valence-electron chi connectivity index (χ1n) is 8.56. The van der Waals surface area contributed by atoms with Gasteiger partial charge in [0, 0.05) is 12.0 Å². The lowest BCUT2D eigenvalue weighted by Gasteiger charge is -2.22. The maximum absolute atomic E-state index is 12.6. The molecule has 0 atom stereocenters. The summed E-state index contributed by atoms with van der Waals surface area (Å²) < 4.78 is 44.2. The van der Waals surface area contributed by atoms with Crippen LogP contribution in [0.3, 0.4) is 0 Å². The molecule has 0 saturated heterocycles. The fourth-order valence-electron chi connectivity index (χ4n) is 3.16. The summed E-state index contributed by atoms with van der Waals surface area (Å²) in [5.41, 5.74) is 0.911. The summed E-state index contributed by atoms with van der Waals surface area (Å²) in [6.45, 7) is 1.45. The van der Waals surface area contributed by atoms with Crippen molar-refractivity contribution in [3.05, 3.63) is 48.0 Å². The predicted octanol–water partition coefficient (Wildman–Crippen LogP) is 2.48. The predicted molar refractivity (Wildman–Crippen MR) is 96.5 cm³/mol. The topological polar surface area (TPSA) is 73.9 Å². The van der Waals surface area contributed by atoms with Crippen molar-refractivity contribution in [2.45, 2.75) is 23.2 Å². The van der Waals surface area contributed by atoms with Gasteiger partial charge in [0.25, 0.3) is 0 Å². The third-order valence-electron chi connectivity index (χ3n) is 4.98. The number of methoxy groups -OCH3 is 1. The van der Waals surface area contributed by atoms with E-state index in [2.05, 4.69) is 4.72 Å². The van der Waals surface area contributed by atoms with Crippen LogP contribution in [-0.2, 0) is 15.4 Å². The van der Waals surface area contributed by atoms with E-state index < -0.39 is 10.0 Å². The average molecular weight is 375 g/mol. The number of sulfonamides is 1. The molecule has 0 radical (unpaired) electrons. The monoisotopic (exact) mass is 375 g/mol. The van der Waals surface area contributed by atoms with Crippen LogP contribution in [0.2, 0.25) is 0 Å². The molecule has 7 heteroatoms. The second-order valence-electron chi connectivity index (χ2n) is 6.64. The van der Waals surface area contributed by atoms with Gasteiger partial charge in [-0.3, -0.25) is 0 Å². The Labute approximate surface area is 153 Å². The Kier molecular flexibility index (Phi) is 4.28. The van der Waals surface area contributed by atoms with E-state index in [1.165, 1.54) is 0 Å². The maximum Gasteiger partial charge on any atom is 0.240 e. The summed E-state index contributed by atoms with van der Waals surface area (Å²) in [7, 11) is -2.02. The minimum atomic E-state index is -3.57. The summed E-state index contributed by atoms with van der Waals surface area (Å²) in [6.07, 6.45) is 1.88.